The molecule has 20 heavy (non-hydrogen) atoms. The van der Waals surface area contributed by atoms with E-state index in [1.807, 2.05) is 12.1 Å². The molecular formula is C15H12Cl2O3. The lowest BCUT2D eigenvalue weighted by molar-refractivity contribution is -0.136. The van der Waals surface area contributed by atoms with Crippen molar-refractivity contribution in [1.82, 2.24) is 0 Å². The lowest BCUT2D eigenvalue weighted by Crippen LogP contribution is -2.01. The first-order valence-corrected chi connectivity index (χ1v) is 6.68. The SMILES string of the molecule is O=C(O)Cc1ccc(COc2cccc(Cl)c2Cl)cc1. The van der Waals surface area contributed by atoms with Crippen molar-refractivity contribution < 1.29 is 14.6 Å². The van der Waals surface area contributed by atoms with Gasteiger partial charge in [0, 0.05) is 0 Å². The largest absolute Gasteiger partial charge is 0.487 e. The predicted octanol–water partition coefficient (Wildman–Crippen LogP) is 4.20. The van der Waals surface area contributed by atoms with Crippen LogP contribution in [-0.4, -0.2) is 11.1 Å². The Morgan fingerprint density at radius 3 is 2.35 bits per heavy atom. The van der Waals surface area contributed by atoms with Crippen LogP contribution < -0.4 is 4.74 Å². The average Bonchev–Trinajstić information content (AvgIpc) is 2.41. The molecule has 2 aromatic carbocycles. The number of carboxylic acid groups (broad SMARTS) is 1. The second kappa shape index (κ2) is 6.64. The Morgan fingerprint density at radius 2 is 1.70 bits per heavy atom. The zero-order valence-corrected chi connectivity index (χ0v) is 12.0. The van der Waals surface area contributed by atoms with Crippen LogP contribution in [-0.2, 0) is 17.8 Å². The maximum absolute atomic E-state index is 10.6. The molecule has 0 saturated heterocycles. The maximum Gasteiger partial charge on any atom is 0.307 e. The number of carbonyl (C=O) groups is 1. The first kappa shape index (κ1) is 14.7. The molecule has 1 N–H and O–H groups in total. The van der Waals surface area contributed by atoms with Crippen LogP contribution in [0, 0.1) is 0 Å². The van der Waals surface area contributed by atoms with E-state index in [2.05, 4.69) is 0 Å². The molecule has 3 nitrogen and oxygen atoms in total. The molecule has 0 bridgehead atoms. The maximum atomic E-state index is 10.6. The summed E-state index contributed by atoms with van der Waals surface area (Å²) < 4.78 is 5.59. The molecule has 2 rings (SSSR count). The van der Waals surface area contributed by atoms with Crippen LogP contribution in [0.3, 0.4) is 0 Å². The molecule has 0 spiro atoms. The highest BCUT2D eigenvalue weighted by molar-refractivity contribution is 6.42. The molecular weight excluding hydrogens is 299 g/mol. The molecule has 0 atom stereocenters. The topological polar surface area (TPSA) is 46.5 Å². The second-order valence-electron chi connectivity index (χ2n) is 4.23. The Bertz CT molecular complexity index is 609. The van der Waals surface area contributed by atoms with E-state index in [9.17, 15) is 4.79 Å². The Balaban J connectivity index is 2.00. The number of aliphatic carboxylic acids is 1. The van der Waals surface area contributed by atoms with E-state index in [1.165, 1.54) is 0 Å². The molecule has 0 aliphatic heterocycles. The van der Waals surface area contributed by atoms with Gasteiger partial charge < -0.3 is 9.84 Å². The minimum Gasteiger partial charge on any atom is -0.487 e. The first-order valence-electron chi connectivity index (χ1n) is 5.92. The van der Waals surface area contributed by atoms with Crippen LogP contribution in [0.4, 0.5) is 0 Å². The summed E-state index contributed by atoms with van der Waals surface area (Å²) in [6.07, 6.45) is 0.0151. The van der Waals surface area contributed by atoms with Crippen LogP contribution in [0.1, 0.15) is 11.1 Å². The van der Waals surface area contributed by atoms with Gasteiger partial charge in [-0.15, -0.1) is 0 Å². The third-order valence-electron chi connectivity index (χ3n) is 2.69. The fraction of sp³-hybridized carbons (Fsp3) is 0.133. The van der Waals surface area contributed by atoms with Gasteiger partial charge >= 0.3 is 5.97 Å². The highest BCUT2D eigenvalue weighted by Gasteiger charge is 2.06. The molecule has 2 aromatic rings. The molecule has 5 heteroatoms. The van der Waals surface area contributed by atoms with Gasteiger partial charge in [0.15, 0.2) is 0 Å². The van der Waals surface area contributed by atoms with E-state index in [4.69, 9.17) is 33.0 Å². The van der Waals surface area contributed by atoms with Gasteiger partial charge in [-0.2, -0.15) is 0 Å². The van der Waals surface area contributed by atoms with Gasteiger partial charge in [0.25, 0.3) is 0 Å². The lowest BCUT2D eigenvalue weighted by atomic mass is 10.1. The lowest BCUT2D eigenvalue weighted by Gasteiger charge is -2.09. The summed E-state index contributed by atoms with van der Waals surface area (Å²) in [6.45, 7) is 0.341. The van der Waals surface area contributed by atoms with Gasteiger partial charge in [-0.05, 0) is 23.3 Å². The second-order valence-corrected chi connectivity index (χ2v) is 5.01. The Morgan fingerprint density at radius 1 is 1.05 bits per heavy atom. The summed E-state index contributed by atoms with van der Waals surface area (Å²) in [5.74, 6) is -0.325. The van der Waals surface area contributed by atoms with Gasteiger partial charge in [0.05, 0.1) is 11.4 Å². The van der Waals surface area contributed by atoms with E-state index in [0.29, 0.717) is 22.4 Å². The summed E-state index contributed by atoms with van der Waals surface area (Å²) in [4.78, 5) is 10.6. The highest BCUT2D eigenvalue weighted by atomic mass is 35.5. The fourth-order valence-corrected chi connectivity index (χ4v) is 2.03. The van der Waals surface area contributed by atoms with Crippen LogP contribution in [0.25, 0.3) is 0 Å². The predicted molar refractivity (Wildman–Crippen MR) is 78.6 cm³/mol. The number of hydrogen-bond donors (Lipinski definition) is 1. The van der Waals surface area contributed by atoms with Gasteiger partial charge in [-0.25, -0.2) is 0 Å². The quantitative estimate of drug-likeness (QED) is 0.900. The summed E-state index contributed by atoms with van der Waals surface area (Å²) >= 11 is 11.9. The molecule has 0 radical (unpaired) electrons. The zero-order chi connectivity index (χ0) is 14.5. The van der Waals surface area contributed by atoms with Gasteiger partial charge in [-0.3, -0.25) is 4.79 Å². The average molecular weight is 311 g/mol. The third kappa shape index (κ3) is 3.89. The normalized spacial score (nSPS) is 10.3. The fourth-order valence-electron chi connectivity index (χ4n) is 1.68. The Kier molecular flexibility index (Phi) is 4.88. The number of halogens is 2. The van der Waals surface area contributed by atoms with Gasteiger partial charge in [0.2, 0.25) is 0 Å². The van der Waals surface area contributed by atoms with E-state index < -0.39 is 5.97 Å². The van der Waals surface area contributed by atoms with Crippen molar-refractivity contribution in [2.45, 2.75) is 13.0 Å². The summed E-state index contributed by atoms with van der Waals surface area (Å²) in [5, 5.41) is 9.52. The molecule has 0 aromatic heterocycles. The molecule has 0 amide bonds. The van der Waals surface area contributed by atoms with Crippen LogP contribution in [0.2, 0.25) is 10.0 Å². The highest BCUT2D eigenvalue weighted by Crippen LogP contribution is 2.31. The van der Waals surface area contributed by atoms with Crippen molar-refractivity contribution in [3.05, 3.63) is 63.6 Å². The van der Waals surface area contributed by atoms with E-state index >= 15 is 0 Å². The standard InChI is InChI=1S/C15H12Cl2O3/c16-12-2-1-3-13(15(12)17)20-9-11-6-4-10(5-7-11)8-14(18)19/h1-7H,8-9H2,(H,18,19). The first-order chi connectivity index (χ1) is 9.56. The number of ether oxygens (including phenoxy) is 1. The van der Waals surface area contributed by atoms with Crippen LogP contribution >= 0.6 is 23.2 Å². The van der Waals surface area contributed by atoms with Crippen molar-refractivity contribution >= 4 is 29.2 Å². The Hall–Kier alpha value is -1.71. The van der Waals surface area contributed by atoms with Crippen LogP contribution in [0.15, 0.2) is 42.5 Å². The zero-order valence-electron chi connectivity index (χ0n) is 10.5. The minimum absolute atomic E-state index is 0.0151. The molecule has 0 aliphatic carbocycles. The summed E-state index contributed by atoms with van der Waals surface area (Å²) in [6, 6.07) is 12.4. The monoisotopic (exact) mass is 310 g/mol. The van der Waals surface area contributed by atoms with Crippen molar-refractivity contribution in [2.75, 3.05) is 0 Å². The number of hydrogen-bond acceptors (Lipinski definition) is 2. The van der Waals surface area contributed by atoms with Crippen LogP contribution in [0.5, 0.6) is 5.75 Å². The summed E-state index contributed by atoms with van der Waals surface area (Å²) in [7, 11) is 0. The van der Waals surface area contributed by atoms with Crippen molar-refractivity contribution in [3.8, 4) is 5.75 Å². The van der Waals surface area contributed by atoms with E-state index in [0.717, 1.165) is 11.1 Å². The molecule has 0 saturated carbocycles. The van der Waals surface area contributed by atoms with Crippen molar-refractivity contribution in [2.24, 2.45) is 0 Å². The minimum atomic E-state index is -0.847. The van der Waals surface area contributed by atoms with E-state index in [-0.39, 0.29) is 6.42 Å². The molecule has 0 unspecified atom stereocenters. The summed E-state index contributed by atoms with van der Waals surface area (Å²) in [5.41, 5.74) is 1.68. The van der Waals surface area contributed by atoms with Crippen molar-refractivity contribution in [3.63, 3.8) is 0 Å². The molecule has 104 valence electrons. The number of benzene rings is 2. The molecule has 0 aliphatic rings. The molecule has 0 heterocycles. The third-order valence-corrected chi connectivity index (χ3v) is 3.49. The smallest absolute Gasteiger partial charge is 0.307 e. The van der Waals surface area contributed by atoms with Crippen molar-refractivity contribution in [1.29, 1.82) is 0 Å². The molecule has 0 fully saturated rings. The van der Waals surface area contributed by atoms with E-state index in [1.54, 1.807) is 30.3 Å². The van der Waals surface area contributed by atoms with Gasteiger partial charge in [-0.1, -0.05) is 53.5 Å². The number of rotatable bonds is 5. The van der Waals surface area contributed by atoms with Gasteiger partial charge in [0.1, 0.15) is 17.4 Å². The number of carboxylic acids is 1. The Labute approximate surface area is 126 Å².